The predicted octanol–water partition coefficient (Wildman–Crippen LogP) is 3.92. The summed E-state index contributed by atoms with van der Waals surface area (Å²) in [7, 11) is 0. The number of para-hydroxylation sites is 1. The molecule has 0 saturated carbocycles. The Morgan fingerprint density at radius 2 is 1.82 bits per heavy atom. The van der Waals surface area contributed by atoms with Gasteiger partial charge in [0.05, 0.1) is 22.4 Å². The molecule has 0 bridgehead atoms. The van der Waals surface area contributed by atoms with E-state index in [0.717, 1.165) is 22.9 Å². The molecule has 1 heterocycles. The largest absolute Gasteiger partial charge is 0.380 e. The van der Waals surface area contributed by atoms with E-state index in [1.807, 2.05) is 24.3 Å². The van der Waals surface area contributed by atoms with E-state index in [-0.39, 0.29) is 0 Å². The Morgan fingerprint density at radius 3 is 2.65 bits per heavy atom. The van der Waals surface area contributed by atoms with Crippen LogP contribution in [0.3, 0.4) is 0 Å². The minimum absolute atomic E-state index is 0.294. The zero-order chi connectivity index (χ0) is 11.7. The molecule has 0 aliphatic carbocycles. The van der Waals surface area contributed by atoms with E-state index in [9.17, 15) is 0 Å². The molecule has 17 heavy (non-hydrogen) atoms. The van der Waals surface area contributed by atoms with Gasteiger partial charge in [0.2, 0.25) is 0 Å². The summed E-state index contributed by atoms with van der Waals surface area (Å²) in [5, 5.41) is 7.66. The lowest BCUT2D eigenvalue weighted by atomic mass is 10.0. The number of hydrogen-bond donors (Lipinski definition) is 2. The van der Waals surface area contributed by atoms with Gasteiger partial charge in [-0.05, 0) is 17.7 Å². The van der Waals surface area contributed by atoms with Crippen molar-refractivity contribution in [3.63, 3.8) is 0 Å². The molecule has 0 radical (unpaired) electrons. The third-order valence-electron chi connectivity index (χ3n) is 3.03. The molecule has 86 valence electrons. The van der Waals surface area contributed by atoms with Gasteiger partial charge in [0.1, 0.15) is 0 Å². The molecule has 2 aromatic carbocycles. The van der Waals surface area contributed by atoms with E-state index < -0.39 is 0 Å². The Labute approximate surface area is 106 Å². The first-order valence-electron chi connectivity index (χ1n) is 5.68. The van der Waals surface area contributed by atoms with Gasteiger partial charge in [-0.2, -0.15) is 0 Å². The Morgan fingerprint density at radius 1 is 1.00 bits per heavy atom. The maximum Gasteiger partial charge on any atom is 0.0766 e. The van der Waals surface area contributed by atoms with Crippen molar-refractivity contribution in [2.75, 3.05) is 17.2 Å². The fourth-order valence-corrected chi connectivity index (χ4v) is 2.39. The topological polar surface area (TPSA) is 24.1 Å². The Bertz CT molecular complexity index is 525. The molecule has 0 saturated heterocycles. The predicted molar refractivity (Wildman–Crippen MR) is 72.7 cm³/mol. The van der Waals surface area contributed by atoms with Gasteiger partial charge in [-0.25, -0.2) is 0 Å². The number of halogens is 1. The van der Waals surface area contributed by atoms with Crippen LogP contribution in [0, 0.1) is 0 Å². The third kappa shape index (κ3) is 1.96. The van der Waals surface area contributed by atoms with Crippen LogP contribution in [0.1, 0.15) is 11.6 Å². The fourth-order valence-electron chi connectivity index (χ4n) is 2.15. The summed E-state index contributed by atoms with van der Waals surface area (Å²) in [6.45, 7) is 0.848. The van der Waals surface area contributed by atoms with Crippen LogP contribution >= 0.6 is 11.6 Å². The molecular formula is C14H13ClN2. The Hall–Kier alpha value is -1.67. The quantitative estimate of drug-likeness (QED) is 0.795. The van der Waals surface area contributed by atoms with Crippen LogP contribution in [-0.2, 0) is 0 Å². The smallest absolute Gasteiger partial charge is 0.0766 e. The summed E-state index contributed by atoms with van der Waals surface area (Å²) in [4.78, 5) is 0. The standard InChI is InChI=1S/C14H13ClN2/c15-11-7-4-8-12-14(11)16-9-13(17-12)10-5-2-1-3-6-10/h1-8,13,16-17H,9H2. The summed E-state index contributed by atoms with van der Waals surface area (Å²) >= 11 is 6.13. The number of rotatable bonds is 1. The summed E-state index contributed by atoms with van der Waals surface area (Å²) in [6.07, 6.45) is 0. The highest BCUT2D eigenvalue weighted by molar-refractivity contribution is 6.34. The van der Waals surface area contributed by atoms with Gasteiger partial charge in [-0.1, -0.05) is 48.0 Å². The molecule has 3 rings (SSSR count). The average Bonchev–Trinajstić information content (AvgIpc) is 2.40. The van der Waals surface area contributed by atoms with E-state index in [1.54, 1.807) is 0 Å². The van der Waals surface area contributed by atoms with E-state index in [2.05, 4.69) is 34.9 Å². The minimum atomic E-state index is 0.294. The van der Waals surface area contributed by atoms with Crippen LogP contribution < -0.4 is 10.6 Å². The second-order valence-corrected chi connectivity index (χ2v) is 4.56. The zero-order valence-electron chi connectivity index (χ0n) is 9.28. The van der Waals surface area contributed by atoms with Crippen molar-refractivity contribution >= 4 is 23.0 Å². The molecule has 0 amide bonds. The van der Waals surface area contributed by atoms with Crippen molar-refractivity contribution in [2.24, 2.45) is 0 Å². The third-order valence-corrected chi connectivity index (χ3v) is 3.34. The molecule has 1 aliphatic heterocycles. The van der Waals surface area contributed by atoms with Crippen molar-refractivity contribution in [3.05, 3.63) is 59.1 Å². The molecule has 0 aromatic heterocycles. The van der Waals surface area contributed by atoms with E-state index in [0.29, 0.717) is 6.04 Å². The monoisotopic (exact) mass is 244 g/mol. The van der Waals surface area contributed by atoms with Crippen LogP contribution in [0.2, 0.25) is 5.02 Å². The highest BCUT2D eigenvalue weighted by Crippen LogP contribution is 2.36. The van der Waals surface area contributed by atoms with Gasteiger partial charge in [0, 0.05) is 6.54 Å². The molecule has 2 nitrogen and oxygen atoms in total. The minimum Gasteiger partial charge on any atom is -0.380 e. The number of nitrogens with one attached hydrogen (secondary N) is 2. The van der Waals surface area contributed by atoms with Crippen molar-refractivity contribution in [1.82, 2.24) is 0 Å². The molecule has 3 heteroatoms. The van der Waals surface area contributed by atoms with Gasteiger partial charge < -0.3 is 10.6 Å². The summed E-state index contributed by atoms with van der Waals surface area (Å²) < 4.78 is 0. The Kier molecular flexibility index (Phi) is 2.65. The normalized spacial score (nSPS) is 17.8. The number of fused-ring (bicyclic) bond motifs is 1. The zero-order valence-corrected chi connectivity index (χ0v) is 10.0. The number of hydrogen-bond acceptors (Lipinski definition) is 2. The second-order valence-electron chi connectivity index (χ2n) is 4.15. The molecule has 1 aliphatic rings. The van der Waals surface area contributed by atoms with Gasteiger partial charge in [0.15, 0.2) is 0 Å². The van der Waals surface area contributed by atoms with Gasteiger partial charge in [0.25, 0.3) is 0 Å². The summed E-state index contributed by atoms with van der Waals surface area (Å²) in [5.41, 5.74) is 3.35. The number of anilines is 2. The Balaban J connectivity index is 1.91. The first-order valence-corrected chi connectivity index (χ1v) is 6.06. The van der Waals surface area contributed by atoms with Crippen molar-refractivity contribution in [2.45, 2.75) is 6.04 Å². The highest BCUT2D eigenvalue weighted by Gasteiger charge is 2.19. The fraction of sp³-hybridized carbons (Fsp3) is 0.143. The first kappa shape index (κ1) is 10.5. The van der Waals surface area contributed by atoms with E-state index in [4.69, 9.17) is 11.6 Å². The van der Waals surface area contributed by atoms with E-state index >= 15 is 0 Å². The van der Waals surface area contributed by atoms with E-state index in [1.165, 1.54) is 5.56 Å². The summed E-state index contributed by atoms with van der Waals surface area (Å²) in [6, 6.07) is 16.6. The lowest BCUT2D eigenvalue weighted by Gasteiger charge is -2.29. The number of benzene rings is 2. The maximum atomic E-state index is 6.13. The SMILES string of the molecule is Clc1cccc2c1NCC(c1ccccc1)N2. The van der Waals surface area contributed by atoms with Crippen molar-refractivity contribution in [1.29, 1.82) is 0 Å². The van der Waals surface area contributed by atoms with Gasteiger partial charge in [-0.15, -0.1) is 0 Å². The van der Waals surface area contributed by atoms with Crippen LogP contribution in [0.5, 0.6) is 0 Å². The molecule has 2 N–H and O–H groups in total. The van der Waals surface area contributed by atoms with Crippen LogP contribution in [0.15, 0.2) is 48.5 Å². The molecular weight excluding hydrogens is 232 g/mol. The van der Waals surface area contributed by atoms with Gasteiger partial charge >= 0.3 is 0 Å². The maximum absolute atomic E-state index is 6.13. The first-order chi connectivity index (χ1) is 8.34. The van der Waals surface area contributed by atoms with Crippen LogP contribution in [0.4, 0.5) is 11.4 Å². The lowest BCUT2D eigenvalue weighted by molar-refractivity contribution is 0.804. The van der Waals surface area contributed by atoms with Crippen molar-refractivity contribution < 1.29 is 0 Å². The van der Waals surface area contributed by atoms with Crippen LogP contribution in [-0.4, -0.2) is 6.54 Å². The van der Waals surface area contributed by atoms with Gasteiger partial charge in [-0.3, -0.25) is 0 Å². The average molecular weight is 245 g/mol. The molecule has 1 atom stereocenters. The highest BCUT2D eigenvalue weighted by atomic mass is 35.5. The molecule has 1 unspecified atom stereocenters. The molecule has 2 aromatic rings. The molecule has 0 spiro atoms. The summed E-state index contributed by atoms with van der Waals surface area (Å²) in [5.74, 6) is 0. The molecule has 0 fully saturated rings. The van der Waals surface area contributed by atoms with Crippen molar-refractivity contribution in [3.8, 4) is 0 Å². The van der Waals surface area contributed by atoms with Crippen LogP contribution in [0.25, 0.3) is 0 Å². The second kappa shape index (κ2) is 4.30. The lowest BCUT2D eigenvalue weighted by Crippen LogP contribution is -2.25.